The van der Waals surface area contributed by atoms with E-state index < -0.39 is 10.0 Å². The maximum Gasteiger partial charge on any atom is 0.244 e. The van der Waals surface area contributed by atoms with Crippen molar-refractivity contribution >= 4 is 21.4 Å². The molecule has 0 bridgehead atoms. The standard InChI is InChI=1S/C15H19NO5S2/c1-19-12-4-5-13(20-2)15(8-12)23(17,18)16-9-14(21-3)11-6-7-22-10-11/h4-8,10,14,16H,9H2,1-3H3. The van der Waals surface area contributed by atoms with E-state index in [0.29, 0.717) is 5.75 Å². The quantitative estimate of drug-likeness (QED) is 0.785. The molecule has 1 atom stereocenters. The van der Waals surface area contributed by atoms with Crippen molar-refractivity contribution in [3.05, 3.63) is 40.6 Å². The minimum atomic E-state index is -3.76. The normalized spacial score (nSPS) is 12.8. The highest BCUT2D eigenvalue weighted by Gasteiger charge is 2.22. The van der Waals surface area contributed by atoms with E-state index in [9.17, 15) is 8.42 Å². The average molecular weight is 357 g/mol. The molecule has 0 spiro atoms. The Bertz CT molecular complexity index is 728. The zero-order chi connectivity index (χ0) is 16.9. The average Bonchev–Trinajstić information content (AvgIpc) is 3.09. The monoisotopic (exact) mass is 357 g/mol. The number of sulfonamides is 1. The number of benzene rings is 1. The van der Waals surface area contributed by atoms with Crippen molar-refractivity contribution in [2.75, 3.05) is 27.9 Å². The second-order valence-corrected chi connectivity index (χ2v) is 7.17. The third-order valence-electron chi connectivity index (χ3n) is 3.32. The summed E-state index contributed by atoms with van der Waals surface area (Å²) in [4.78, 5) is 0.0273. The van der Waals surface area contributed by atoms with E-state index in [2.05, 4.69) is 4.72 Å². The van der Waals surface area contributed by atoms with Crippen LogP contribution in [0.2, 0.25) is 0 Å². The van der Waals surface area contributed by atoms with Crippen molar-refractivity contribution in [2.24, 2.45) is 0 Å². The van der Waals surface area contributed by atoms with Gasteiger partial charge in [0.1, 0.15) is 16.4 Å². The molecule has 0 aliphatic heterocycles. The van der Waals surface area contributed by atoms with Gasteiger partial charge >= 0.3 is 0 Å². The Kier molecular flexibility index (Phi) is 6.00. The van der Waals surface area contributed by atoms with Gasteiger partial charge in [-0.1, -0.05) is 0 Å². The van der Waals surface area contributed by atoms with Crippen molar-refractivity contribution in [1.82, 2.24) is 4.72 Å². The molecular weight excluding hydrogens is 338 g/mol. The number of thiophene rings is 1. The first-order valence-corrected chi connectivity index (χ1v) is 9.21. The molecule has 126 valence electrons. The van der Waals surface area contributed by atoms with Gasteiger partial charge in [-0.15, -0.1) is 0 Å². The second-order valence-electron chi connectivity index (χ2n) is 4.65. The summed E-state index contributed by atoms with van der Waals surface area (Å²) in [5, 5.41) is 3.84. The molecule has 1 aromatic heterocycles. The van der Waals surface area contributed by atoms with Crippen LogP contribution in [0.15, 0.2) is 39.9 Å². The van der Waals surface area contributed by atoms with Gasteiger partial charge in [0.2, 0.25) is 10.0 Å². The molecule has 0 fully saturated rings. The molecule has 23 heavy (non-hydrogen) atoms. The van der Waals surface area contributed by atoms with Crippen molar-refractivity contribution in [2.45, 2.75) is 11.0 Å². The highest BCUT2D eigenvalue weighted by molar-refractivity contribution is 7.89. The fraction of sp³-hybridized carbons (Fsp3) is 0.333. The molecule has 8 heteroatoms. The Hall–Kier alpha value is -1.61. The first kappa shape index (κ1) is 17.7. The van der Waals surface area contributed by atoms with Gasteiger partial charge < -0.3 is 14.2 Å². The summed E-state index contributed by atoms with van der Waals surface area (Å²) >= 11 is 1.53. The highest BCUT2D eigenvalue weighted by Crippen LogP contribution is 2.28. The van der Waals surface area contributed by atoms with Crippen LogP contribution in [0.5, 0.6) is 11.5 Å². The molecule has 1 heterocycles. The molecule has 0 amide bonds. The number of rotatable bonds is 8. The van der Waals surface area contributed by atoms with E-state index in [4.69, 9.17) is 14.2 Å². The summed E-state index contributed by atoms with van der Waals surface area (Å²) in [7, 11) is 0.677. The lowest BCUT2D eigenvalue weighted by atomic mass is 10.2. The van der Waals surface area contributed by atoms with Gasteiger partial charge in [-0.25, -0.2) is 13.1 Å². The van der Waals surface area contributed by atoms with E-state index >= 15 is 0 Å². The minimum Gasteiger partial charge on any atom is -0.497 e. The smallest absolute Gasteiger partial charge is 0.244 e. The molecule has 1 aromatic carbocycles. The van der Waals surface area contributed by atoms with E-state index in [1.807, 2.05) is 16.8 Å². The zero-order valence-electron chi connectivity index (χ0n) is 13.1. The van der Waals surface area contributed by atoms with Crippen LogP contribution in [0.25, 0.3) is 0 Å². The fourth-order valence-electron chi connectivity index (χ4n) is 2.05. The van der Waals surface area contributed by atoms with E-state index in [-0.39, 0.29) is 23.3 Å². The lowest BCUT2D eigenvalue weighted by Crippen LogP contribution is -2.29. The third kappa shape index (κ3) is 4.23. The second kappa shape index (κ2) is 7.78. The number of hydrogen-bond acceptors (Lipinski definition) is 6. The Morgan fingerprint density at radius 3 is 2.52 bits per heavy atom. The van der Waals surface area contributed by atoms with Crippen molar-refractivity contribution in [1.29, 1.82) is 0 Å². The lowest BCUT2D eigenvalue weighted by molar-refractivity contribution is 0.107. The summed E-state index contributed by atoms with van der Waals surface area (Å²) in [6, 6.07) is 6.52. The first-order chi connectivity index (χ1) is 11.0. The molecule has 6 nitrogen and oxygen atoms in total. The number of nitrogens with one attached hydrogen (secondary N) is 1. The lowest BCUT2D eigenvalue weighted by Gasteiger charge is -2.16. The predicted molar refractivity (Wildman–Crippen MR) is 88.8 cm³/mol. The molecule has 1 unspecified atom stereocenters. The Morgan fingerprint density at radius 2 is 1.96 bits per heavy atom. The van der Waals surface area contributed by atoms with Crippen molar-refractivity contribution < 1.29 is 22.6 Å². The fourth-order valence-corrected chi connectivity index (χ4v) is 3.97. The van der Waals surface area contributed by atoms with Gasteiger partial charge in [0.15, 0.2) is 0 Å². The Labute approximate surface area is 140 Å². The number of methoxy groups -OCH3 is 3. The molecule has 0 aliphatic carbocycles. The van der Waals surface area contributed by atoms with Gasteiger partial charge in [-0.05, 0) is 34.5 Å². The molecule has 2 rings (SSSR count). The van der Waals surface area contributed by atoms with Crippen LogP contribution in [-0.2, 0) is 14.8 Å². The SMILES string of the molecule is COc1ccc(OC)c(S(=O)(=O)NCC(OC)c2ccsc2)c1. The van der Waals surface area contributed by atoms with Gasteiger partial charge in [0, 0.05) is 19.7 Å². The minimum absolute atomic E-state index is 0.0273. The summed E-state index contributed by atoms with van der Waals surface area (Å²) in [5.41, 5.74) is 0.929. The maximum atomic E-state index is 12.6. The van der Waals surface area contributed by atoms with Crippen LogP contribution in [-0.4, -0.2) is 36.3 Å². The van der Waals surface area contributed by atoms with Crippen LogP contribution >= 0.6 is 11.3 Å². The largest absolute Gasteiger partial charge is 0.497 e. The molecule has 2 aromatic rings. The first-order valence-electron chi connectivity index (χ1n) is 6.78. The maximum absolute atomic E-state index is 12.6. The topological polar surface area (TPSA) is 73.9 Å². The molecule has 0 saturated heterocycles. The summed E-state index contributed by atoms with van der Waals surface area (Å²) in [6.07, 6.45) is -0.354. The van der Waals surface area contributed by atoms with E-state index in [0.717, 1.165) is 5.56 Å². The van der Waals surface area contributed by atoms with Crippen LogP contribution in [0.3, 0.4) is 0 Å². The third-order valence-corrected chi connectivity index (χ3v) is 5.46. The highest BCUT2D eigenvalue weighted by atomic mass is 32.2. The van der Waals surface area contributed by atoms with Crippen LogP contribution in [0.1, 0.15) is 11.7 Å². The van der Waals surface area contributed by atoms with Crippen LogP contribution in [0.4, 0.5) is 0 Å². The summed E-state index contributed by atoms with van der Waals surface area (Å²) < 4.78 is 43.3. The zero-order valence-corrected chi connectivity index (χ0v) is 14.7. The predicted octanol–water partition coefficient (Wildman–Crippen LogP) is 2.43. The van der Waals surface area contributed by atoms with Crippen molar-refractivity contribution in [3.8, 4) is 11.5 Å². The molecular formula is C15H19NO5S2. The van der Waals surface area contributed by atoms with E-state index in [1.54, 1.807) is 19.2 Å². The molecule has 0 radical (unpaired) electrons. The Balaban J connectivity index is 2.21. The van der Waals surface area contributed by atoms with E-state index in [1.165, 1.54) is 31.6 Å². The van der Waals surface area contributed by atoms with Crippen LogP contribution < -0.4 is 14.2 Å². The van der Waals surface area contributed by atoms with Crippen molar-refractivity contribution in [3.63, 3.8) is 0 Å². The Morgan fingerprint density at radius 1 is 1.17 bits per heavy atom. The number of ether oxygens (including phenoxy) is 3. The molecule has 0 saturated carbocycles. The van der Waals surface area contributed by atoms with Gasteiger partial charge in [0.25, 0.3) is 0 Å². The van der Waals surface area contributed by atoms with Gasteiger partial charge in [-0.2, -0.15) is 11.3 Å². The van der Waals surface area contributed by atoms with Gasteiger partial charge in [-0.3, -0.25) is 0 Å². The number of hydrogen-bond donors (Lipinski definition) is 1. The molecule has 0 aliphatic rings. The summed E-state index contributed by atoms with van der Waals surface area (Å²) in [6.45, 7) is 0.121. The molecule has 1 N–H and O–H groups in total. The van der Waals surface area contributed by atoms with Gasteiger partial charge in [0.05, 0.1) is 20.3 Å². The van der Waals surface area contributed by atoms with Crippen LogP contribution in [0, 0.1) is 0 Å². The summed E-state index contributed by atoms with van der Waals surface area (Å²) in [5.74, 6) is 0.690.